The highest BCUT2D eigenvalue weighted by Gasteiger charge is 1.94. The van der Waals surface area contributed by atoms with Gasteiger partial charge < -0.3 is 10.1 Å². The fourth-order valence-electron chi connectivity index (χ4n) is 1.60. The van der Waals surface area contributed by atoms with Crippen molar-refractivity contribution in [1.29, 1.82) is 0 Å². The van der Waals surface area contributed by atoms with Crippen molar-refractivity contribution in [2.75, 3.05) is 18.5 Å². The van der Waals surface area contributed by atoms with Crippen LogP contribution < -0.4 is 5.32 Å². The maximum absolute atomic E-state index is 11.0. The molecule has 1 rings (SSSR count). The zero-order valence-corrected chi connectivity index (χ0v) is 11.1. The fraction of sp³-hybridized carbons (Fsp3) is 0.400. The van der Waals surface area contributed by atoms with Gasteiger partial charge in [0.2, 0.25) is 0 Å². The minimum Gasteiger partial charge on any atom is -0.463 e. The van der Waals surface area contributed by atoms with Gasteiger partial charge in [-0.2, -0.15) is 0 Å². The van der Waals surface area contributed by atoms with E-state index in [2.05, 4.69) is 36.5 Å². The molecule has 0 atom stereocenters. The summed E-state index contributed by atoms with van der Waals surface area (Å²) in [6.07, 6.45) is 5.48. The molecule has 0 spiro atoms. The van der Waals surface area contributed by atoms with E-state index in [1.165, 1.54) is 11.6 Å². The van der Waals surface area contributed by atoms with Crippen LogP contribution in [0.25, 0.3) is 0 Å². The van der Waals surface area contributed by atoms with E-state index in [0.29, 0.717) is 13.2 Å². The number of aryl methyl sites for hydroxylation is 1. The van der Waals surface area contributed by atoms with Crippen LogP contribution in [0, 0.1) is 0 Å². The van der Waals surface area contributed by atoms with Gasteiger partial charge in [-0.05, 0) is 31.0 Å². The fourth-order valence-corrected chi connectivity index (χ4v) is 1.60. The number of carbonyl (C=O) groups is 1. The monoisotopic (exact) mass is 247 g/mol. The van der Waals surface area contributed by atoms with Crippen LogP contribution >= 0.6 is 0 Å². The van der Waals surface area contributed by atoms with Crippen molar-refractivity contribution in [1.82, 2.24) is 0 Å². The third-order valence-electron chi connectivity index (χ3n) is 2.46. The molecule has 3 heteroatoms. The van der Waals surface area contributed by atoms with E-state index < -0.39 is 0 Å². The van der Waals surface area contributed by atoms with Crippen LogP contribution in [0.2, 0.25) is 0 Å². The average Bonchev–Trinajstić information content (AvgIpc) is 2.37. The molecule has 1 N–H and O–H groups in total. The van der Waals surface area contributed by atoms with Gasteiger partial charge in [-0.15, -0.1) is 0 Å². The van der Waals surface area contributed by atoms with Gasteiger partial charge in [-0.25, -0.2) is 4.79 Å². The minimum atomic E-state index is -0.294. The van der Waals surface area contributed by atoms with Crippen molar-refractivity contribution < 1.29 is 9.53 Å². The summed E-state index contributed by atoms with van der Waals surface area (Å²) in [5, 5.41) is 3.22. The maximum Gasteiger partial charge on any atom is 0.330 e. The molecule has 0 aliphatic carbocycles. The van der Waals surface area contributed by atoms with Crippen LogP contribution in [0.1, 0.15) is 25.8 Å². The molecule has 0 saturated heterocycles. The third kappa shape index (κ3) is 5.53. The SMILES string of the molecule is CCCc1ccc(NC/C=C/C(=O)OCC)cc1. The number of anilines is 1. The summed E-state index contributed by atoms with van der Waals surface area (Å²) >= 11 is 0. The smallest absolute Gasteiger partial charge is 0.330 e. The Kier molecular flexibility index (Phi) is 6.62. The second-order valence-electron chi connectivity index (χ2n) is 3.98. The first-order valence-electron chi connectivity index (χ1n) is 6.42. The summed E-state index contributed by atoms with van der Waals surface area (Å²) < 4.78 is 4.78. The van der Waals surface area contributed by atoms with Gasteiger partial charge in [0, 0.05) is 18.3 Å². The first-order chi connectivity index (χ1) is 8.76. The van der Waals surface area contributed by atoms with E-state index in [4.69, 9.17) is 4.74 Å². The number of carbonyl (C=O) groups excluding carboxylic acids is 1. The van der Waals surface area contributed by atoms with Crippen molar-refractivity contribution in [2.45, 2.75) is 26.7 Å². The lowest BCUT2D eigenvalue weighted by Crippen LogP contribution is -2.02. The molecule has 0 amide bonds. The summed E-state index contributed by atoms with van der Waals surface area (Å²) in [5.74, 6) is -0.294. The molecule has 0 unspecified atom stereocenters. The van der Waals surface area contributed by atoms with Crippen LogP contribution in [-0.2, 0) is 16.0 Å². The third-order valence-corrected chi connectivity index (χ3v) is 2.46. The highest BCUT2D eigenvalue weighted by atomic mass is 16.5. The summed E-state index contributed by atoms with van der Waals surface area (Å²) in [5.41, 5.74) is 2.41. The number of hydrogen-bond acceptors (Lipinski definition) is 3. The molecule has 1 aromatic rings. The predicted octanol–water partition coefficient (Wildman–Crippen LogP) is 3.17. The first-order valence-corrected chi connectivity index (χ1v) is 6.42. The largest absolute Gasteiger partial charge is 0.463 e. The van der Waals surface area contributed by atoms with Gasteiger partial charge in [-0.1, -0.05) is 31.6 Å². The number of benzene rings is 1. The standard InChI is InChI=1S/C15H21NO2/c1-3-6-13-8-10-14(11-9-13)16-12-5-7-15(17)18-4-2/h5,7-11,16H,3-4,6,12H2,1-2H3/b7-5+. The van der Waals surface area contributed by atoms with Gasteiger partial charge >= 0.3 is 5.97 Å². The molecule has 1 aromatic carbocycles. The molecule has 18 heavy (non-hydrogen) atoms. The number of nitrogens with one attached hydrogen (secondary N) is 1. The van der Waals surface area contributed by atoms with Crippen LogP contribution in [-0.4, -0.2) is 19.1 Å². The molecular formula is C15H21NO2. The Bertz CT molecular complexity index is 382. The quantitative estimate of drug-likeness (QED) is 0.594. The molecule has 0 bridgehead atoms. The summed E-state index contributed by atoms with van der Waals surface area (Å²) in [4.78, 5) is 11.0. The van der Waals surface area contributed by atoms with Gasteiger partial charge in [0.25, 0.3) is 0 Å². The number of rotatable bonds is 7. The zero-order chi connectivity index (χ0) is 13.2. The lowest BCUT2D eigenvalue weighted by molar-refractivity contribution is -0.137. The Balaban J connectivity index is 2.33. The van der Waals surface area contributed by atoms with E-state index in [-0.39, 0.29) is 5.97 Å². The molecule has 98 valence electrons. The van der Waals surface area contributed by atoms with Crippen LogP contribution in [0.15, 0.2) is 36.4 Å². The summed E-state index contributed by atoms with van der Waals surface area (Å²) in [6.45, 7) is 5.00. The molecule has 0 aliphatic rings. The molecule has 0 saturated carbocycles. The number of hydrogen-bond donors (Lipinski definition) is 1. The highest BCUT2D eigenvalue weighted by molar-refractivity contribution is 5.81. The second-order valence-corrected chi connectivity index (χ2v) is 3.98. The molecule has 3 nitrogen and oxygen atoms in total. The van der Waals surface area contributed by atoms with Crippen LogP contribution in [0.4, 0.5) is 5.69 Å². The lowest BCUT2D eigenvalue weighted by atomic mass is 10.1. The summed E-state index contributed by atoms with van der Waals surface area (Å²) in [7, 11) is 0. The molecular weight excluding hydrogens is 226 g/mol. The summed E-state index contributed by atoms with van der Waals surface area (Å²) in [6, 6.07) is 8.37. The van der Waals surface area contributed by atoms with Crippen molar-refractivity contribution in [2.24, 2.45) is 0 Å². The van der Waals surface area contributed by atoms with Crippen LogP contribution in [0.3, 0.4) is 0 Å². The highest BCUT2D eigenvalue weighted by Crippen LogP contribution is 2.10. The van der Waals surface area contributed by atoms with Crippen molar-refractivity contribution in [3.8, 4) is 0 Å². The van der Waals surface area contributed by atoms with E-state index in [9.17, 15) is 4.79 Å². The van der Waals surface area contributed by atoms with E-state index >= 15 is 0 Å². The average molecular weight is 247 g/mol. The van der Waals surface area contributed by atoms with E-state index in [1.54, 1.807) is 13.0 Å². The predicted molar refractivity (Wildman–Crippen MR) is 74.7 cm³/mol. The van der Waals surface area contributed by atoms with Gasteiger partial charge in [0.05, 0.1) is 6.61 Å². The Labute approximate surface area is 109 Å². The van der Waals surface area contributed by atoms with Crippen LogP contribution in [0.5, 0.6) is 0 Å². The Morgan fingerprint density at radius 1 is 1.28 bits per heavy atom. The maximum atomic E-state index is 11.0. The topological polar surface area (TPSA) is 38.3 Å². The Morgan fingerprint density at radius 3 is 2.61 bits per heavy atom. The molecule has 0 aromatic heterocycles. The molecule has 0 aliphatic heterocycles. The van der Waals surface area contributed by atoms with Gasteiger partial charge in [0.1, 0.15) is 0 Å². The Morgan fingerprint density at radius 2 is 2.00 bits per heavy atom. The van der Waals surface area contributed by atoms with E-state index in [1.807, 2.05) is 0 Å². The van der Waals surface area contributed by atoms with Crippen molar-refractivity contribution in [3.05, 3.63) is 42.0 Å². The molecule has 0 radical (unpaired) electrons. The normalized spacial score (nSPS) is 10.6. The Hall–Kier alpha value is -1.77. The number of ether oxygens (including phenoxy) is 1. The lowest BCUT2D eigenvalue weighted by Gasteiger charge is -2.04. The molecule has 0 heterocycles. The van der Waals surface area contributed by atoms with E-state index in [0.717, 1.165) is 18.5 Å². The van der Waals surface area contributed by atoms with Gasteiger partial charge in [-0.3, -0.25) is 0 Å². The van der Waals surface area contributed by atoms with Gasteiger partial charge in [0.15, 0.2) is 0 Å². The molecule has 0 fully saturated rings. The number of esters is 1. The second kappa shape index (κ2) is 8.34. The van der Waals surface area contributed by atoms with Crippen molar-refractivity contribution in [3.63, 3.8) is 0 Å². The zero-order valence-electron chi connectivity index (χ0n) is 11.1. The first kappa shape index (κ1) is 14.3. The van der Waals surface area contributed by atoms with Crippen molar-refractivity contribution >= 4 is 11.7 Å². The minimum absolute atomic E-state index is 0.294.